The van der Waals surface area contributed by atoms with Crippen molar-refractivity contribution in [2.75, 3.05) is 0 Å². The van der Waals surface area contributed by atoms with Crippen molar-refractivity contribution in [3.8, 4) is 0 Å². The summed E-state index contributed by atoms with van der Waals surface area (Å²) in [6, 6.07) is 6.75. The van der Waals surface area contributed by atoms with E-state index in [1.807, 2.05) is 13.0 Å². The van der Waals surface area contributed by atoms with E-state index < -0.39 is 5.54 Å². The summed E-state index contributed by atoms with van der Waals surface area (Å²) in [5.41, 5.74) is 6.99. The summed E-state index contributed by atoms with van der Waals surface area (Å²) < 4.78 is 13.3. The molecule has 1 aliphatic carbocycles. The fourth-order valence-corrected chi connectivity index (χ4v) is 2.92. The first-order valence-electron chi connectivity index (χ1n) is 6.55. The highest BCUT2D eigenvalue weighted by Crippen LogP contribution is 2.39. The highest BCUT2D eigenvalue weighted by atomic mass is 19.1. The normalized spacial score (nSPS) is 28.7. The van der Waals surface area contributed by atoms with Gasteiger partial charge in [0.1, 0.15) is 5.82 Å². The molecule has 0 aromatic heterocycles. The number of nitrogens with two attached hydrogens (primary N) is 1. The average Bonchev–Trinajstić information content (AvgIpc) is 2.29. The largest absolute Gasteiger partial charge is 0.321 e. The number of hydrogen-bond donors (Lipinski definition) is 1. The third-order valence-electron chi connectivity index (χ3n) is 4.31. The molecule has 1 saturated carbocycles. The van der Waals surface area contributed by atoms with Gasteiger partial charge in [-0.3, -0.25) is 0 Å². The second-order valence-corrected chi connectivity index (χ2v) is 5.75. The lowest BCUT2D eigenvalue weighted by Crippen LogP contribution is -2.42. The summed E-state index contributed by atoms with van der Waals surface area (Å²) in [5, 5.41) is 0. The Labute approximate surface area is 103 Å². The van der Waals surface area contributed by atoms with Crippen LogP contribution in [0.2, 0.25) is 0 Å². The molecule has 0 aliphatic heterocycles. The van der Waals surface area contributed by atoms with Gasteiger partial charge in [-0.2, -0.15) is 0 Å². The molecule has 0 saturated heterocycles. The SMILES string of the molecule is CC1CCC(C(C)(N)c2cccc(F)c2)CC1. The predicted octanol–water partition coefficient (Wildman–Crippen LogP) is 3.83. The van der Waals surface area contributed by atoms with Crippen LogP contribution in [0.3, 0.4) is 0 Å². The molecule has 2 rings (SSSR count). The molecule has 0 amide bonds. The van der Waals surface area contributed by atoms with Crippen molar-refractivity contribution < 1.29 is 4.39 Å². The zero-order valence-electron chi connectivity index (χ0n) is 10.7. The van der Waals surface area contributed by atoms with Crippen LogP contribution < -0.4 is 5.73 Å². The molecule has 0 bridgehead atoms. The molecule has 2 N–H and O–H groups in total. The Kier molecular flexibility index (Phi) is 3.53. The molecule has 1 atom stereocenters. The molecule has 0 spiro atoms. The minimum atomic E-state index is -0.401. The second kappa shape index (κ2) is 4.77. The zero-order chi connectivity index (χ0) is 12.5. The summed E-state index contributed by atoms with van der Waals surface area (Å²) in [4.78, 5) is 0. The number of hydrogen-bond acceptors (Lipinski definition) is 1. The summed E-state index contributed by atoms with van der Waals surface area (Å²) in [5.74, 6) is 1.10. The lowest BCUT2D eigenvalue weighted by Gasteiger charge is -2.39. The van der Waals surface area contributed by atoms with Gasteiger partial charge in [-0.25, -0.2) is 4.39 Å². The van der Waals surface area contributed by atoms with Crippen LogP contribution >= 0.6 is 0 Å². The van der Waals surface area contributed by atoms with Gasteiger partial charge >= 0.3 is 0 Å². The first-order chi connectivity index (χ1) is 8.00. The Morgan fingerprint density at radius 1 is 1.24 bits per heavy atom. The molecule has 1 aromatic carbocycles. The molecule has 0 heterocycles. The van der Waals surface area contributed by atoms with Crippen molar-refractivity contribution in [2.45, 2.75) is 45.1 Å². The van der Waals surface area contributed by atoms with Crippen LogP contribution in [0, 0.1) is 17.7 Å². The number of benzene rings is 1. The monoisotopic (exact) mass is 235 g/mol. The Balaban J connectivity index is 2.18. The quantitative estimate of drug-likeness (QED) is 0.828. The first-order valence-corrected chi connectivity index (χ1v) is 6.55. The van der Waals surface area contributed by atoms with Crippen molar-refractivity contribution in [3.63, 3.8) is 0 Å². The van der Waals surface area contributed by atoms with Gasteiger partial charge in [0.2, 0.25) is 0 Å². The van der Waals surface area contributed by atoms with Crippen LogP contribution in [0.25, 0.3) is 0 Å². The van der Waals surface area contributed by atoms with Crippen LogP contribution in [0.4, 0.5) is 4.39 Å². The first kappa shape index (κ1) is 12.6. The molecule has 2 heteroatoms. The zero-order valence-corrected chi connectivity index (χ0v) is 10.7. The minimum Gasteiger partial charge on any atom is -0.321 e. The molecular formula is C15H22FN. The van der Waals surface area contributed by atoms with Gasteiger partial charge in [0.25, 0.3) is 0 Å². The van der Waals surface area contributed by atoms with E-state index in [1.54, 1.807) is 12.1 Å². The Bertz CT molecular complexity index is 378. The highest BCUT2D eigenvalue weighted by Gasteiger charge is 2.34. The summed E-state index contributed by atoms with van der Waals surface area (Å²) >= 11 is 0. The van der Waals surface area contributed by atoms with E-state index in [-0.39, 0.29) is 5.82 Å². The average molecular weight is 235 g/mol. The van der Waals surface area contributed by atoms with Gasteiger partial charge in [-0.1, -0.05) is 31.9 Å². The fourth-order valence-electron chi connectivity index (χ4n) is 2.92. The third-order valence-corrected chi connectivity index (χ3v) is 4.31. The molecule has 1 aromatic rings. The molecule has 17 heavy (non-hydrogen) atoms. The van der Waals surface area contributed by atoms with Crippen molar-refractivity contribution in [3.05, 3.63) is 35.6 Å². The standard InChI is InChI=1S/C15H22FN/c1-11-6-8-12(9-7-11)15(2,17)13-4-3-5-14(16)10-13/h3-5,10-12H,6-9,17H2,1-2H3. The molecule has 0 radical (unpaired) electrons. The lowest BCUT2D eigenvalue weighted by atomic mass is 9.70. The van der Waals surface area contributed by atoms with Gasteiger partial charge in [0.05, 0.1) is 0 Å². The van der Waals surface area contributed by atoms with Gasteiger partial charge in [-0.05, 0) is 49.3 Å². The Morgan fingerprint density at radius 3 is 2.47 bits per heavy atom. The van der Waals surface area contributed by atoms with Crippen LogP contribution in [0.5, 0.6) is 0 Å². The summed E-state index contributed by atoms with van der Waals surface area (Å²) in [6.45, 7) is 4.34. The Hall–Kier alpha value is -0.890. The van der Waals surface area contributed by atoms with Crippen LogP contribution in [0.1, 0.15) is 45.1 Å². The Morgan fingerprint density at radius 2 is 1.88 bits per heavy atom. The van der Waals surface area contributed by atoms with E-state index in [0.29, 0.717) is 5.92 Å². The molecular weight excluding hydrogens is 213 g/mol. The molecule has 94 valence electrons. The lowest BCUT2D eigenvalue weighted by molar-refractivity contribution is 0.192. The predicted molar refractivity (Wildman–Crippen MR) is 69.1 cm³/mol. The van der Waals surface area contributed by atoms with E-state index in [0.717, 1.165) is 24.3 Å². The van der Waals surface area contributed by atoms with Crippen LogP contribution in [-0.4, -0.2) is 0 Å². The minimum absolute atomic E-state index is 0.191. The molecule has 1 fully saturated rings. The molecule has 1 unspecified atom stereocenters. The fraction of sp³-hybridized carbons (Fsp3) is 0.600. The summed E-state index contributed by atoms with van der Waals surface area (Å²) in [6.07, 6.45) is 4.80. The van der Waals surface area contributed by atoms with E-state index in [1.165, 1.54) is 18.9 Å². The van der Waals surface area contributed by atoms with E-state index >= 15 is 0 Å². The van der Waals surface area contributed by atoms with Gasteiger partial charge in [0.15, 0.2) is 0 Å². The van der Waals surface area contributed by atoms with E-state index in [2.05, 4.69) is 6.92 Å². The third kappa shape index (κ3) is 2.68. The van der Waals surface area contributed by atoms with Crippen molar-refractivity contribution in [2.24, 2.45) is 17.6 Å². The van der Waals surface area contributed by atoms with Gasteiger partial charge in [-0.15, -0.1) is 0 Å². The maximum absolute atomic E-state index is 13.3. The molecule has 1 aliphatic rings. The maximum Gasteiger partial charge on any atom is 0.123 e. The van der Waals surface area contributed by atoms with Crippen LogP contribution in [-0.2, 0) is 5.54 Å². The topological polar surface area (TPSA) is 26.0 Å². The van der Waals surface area contributed by atoms with E-state index in [4.69, 9.17) is 5.73 Å². The van der Waals surface area contributed by atoms with Crippen molar-refractivity contribution >= 4 is 0 Å². The highest BCUT2D eigenvalue weighted by molar-refractivity contribution is 5.25. The second-order valence-electron chi connectivity index (χ2n) is 5.75. The smallest absolute Gasteiger partial charge is 0.123 e. The van der Waals surface area contributed by atoms with E-state index in [9.17, 15) is 4.39 Å². The summed E-state index contributed by atoms with van der Waals surface area (Å²) in [7, 11) is 0. The maximum atomic E-state index is 13.3. The number of rotatable bonds is 2. The molecule has 1 nitrogen and oxygen atoms in total. The van der Waals surface area contributed by atoms with Gasteiger partial charge < -0.3 is 5.73 Å². The van der Waals surface area contributed by atoms with Crippen molar-refractivity contribution in [1.29, 1.82) is 0 Å². The van der Waals surface area contributed by atoms with Gasteiger partial charge in [0, 0.05) is 5.54 Å². The van der Waals surface area contributed by atoms with Crippen LogP contribution in [0.15, 0.2) is 24.3 Å². The number of halogens is 1. The van der Waals surface area contributed by atoms with Crippen molar-refractivity contribution in [1.82, 2.24) is 0 Å².